The molecule has 0 bridgehead atoms. The summed E-state index contributed by atoms with van der Waals surface area (Å²) in [6, 6.07) is 2.24. The van der Waals surface area contributed by atoms with E-state index in [9.17, 15) is 18.0 Å². The van der Waals surface area contributed by atoms with Crippen molar-refractivity contribution in [3.63, 3.8) is 0 Å². The van der Waals surface area contributed by atoms with Gasteiger partial charge in [-0.2, -0.15) is 13.2 Å². The van der Waals surface area contributed by atoms with Gasteiger partial charge < -0.3 is 9.47 Å². The molecule has 1 aromatic rings. The summed E-state index contributed by atoms with van der Waals surface area (Å²) in [6.45, 7) is 1.83. The number of ether oxygens (including phenoxy) is 2. The van der Waals surface area contributed by atoms with Crippen molar-refractivity contribution in [2.24, 2.45) is 0 Å². The molecule has 0 aliphatic rings. The lowest BCUT2D eigenvalue weighted by molar-refractivity contribution is -0.141. The summed E-state index contributed by atoms with van der Waals surface area (Å²) in [5.41, 5.74) is -0.443. The first-order valence-electron chi connectivity index (χ1n) is 6.26. The van der Waals surface area contributed by atoms with Gasteiger partial charge in [-0.3, -0.25) is 0 Å². The number of hydrogen-bond acceptors (Lipinski definition) is 4. The van der Waals surface area contributed by atoms with Gasteiger partial charge >= 0.3 is 12.1 Å². The number of hydrogen-bond donors (Lipinski definition) is 0. The molecule has 0 aromatic carbocycles. The van der Waals surface area contributed by atoms with E-state index in [4.69, 9.17) is 4.74 Å². The summed E-state index contributed by atoms with van der Waals surface area (Å²) in [6.07, 6.45) is -0.498. The topological polar surface area (TPSA) is 48.4 Å². The lowest BCUT2D eigenvalue weighted by Crippen LogP contribution is -2.10. The van der Waals surface area contributed by atoms with E-state index in [0.717, 1.165) is 6.07 Å². The molecule has 116 valence electrons. The normalized spacial score (nSPS) is 11.7. The van der Waals surface area contributed by atoms with Crippen LogP contribution in [0.5, 0.6) is 5.88 Å². The zero-order valence-electron chi connectivity index (χ0n) is 11.7. The second-order valence-corrected chi connectivity index (χ2v) is 4.23. The van der Waals surface area contributed by atoms with E-state index in [1.54, 1.807) is 13.0 Å². The molecule has 7 heteroatoms. The van der Waals surface area contributed by atoms with Gasteiger partial charge in [-0.1, -0.05) is 12.1 Å². The highest BCUT2D eigenvalue weighted by Crippen LogP contribution is 2.29. The van der Waals surface area contributed by atoms with E-state index >= 15 is 0 Å². The summed E-state index contributed by atoms with van der Waals surface area (Å²) < 4.78 is 47.2. The Bertz CT molecular complexity index is 513. The van der Waals surface area contributed by atoms with Crippen molar-refractivity contribution in [1.82, 2.24) is 4.98 Å². The first kappa shape index (κ1) is 17.0. The Hall–Kier alpha value is -2.05. The molecule has 0 atom stereocenters. The lowest BCUT2D eigenvalue weighted by Gasteiger charge is -2.11. The van der Waals surface area contributed by atoms with Gasteiger partial charge in [-0.15, -0.1) is 0 Å². The smallest absolute Gasteiger partial charge is 0.433 e. The van der Waals surface area contributed by atoms with Crippen LogP contribution in [0.25, 0.3) is 0 Å². The van der Waals surface area contributed by atoms with Crippen LogP contribution in [0.3, 0.4) is 0 Å². The van der Waals surface area contributed by atoms with Crippen LogP contribution in [0.4, 0.5) is 13.2 Å². The van der Waals surface area contributed by atoms with Crippen LogP contribution in [0.1, 0.15) is 24.1 Å². The van der Waals surface area contributed by atoms with Crippen molar-refractivity contribution >= 4 is 5.97 Å². The average molecular weight is 303 g/mol. The van der Waals surface area contributed by atoms with Crippen molar-refractivity contribution in [2.75, 3.05) is 13.7 Å². The van der Waals surface area contributed by atoms with Crippen molar-refractivity contribution in [2.45, 2.75) is 25.9 Å². The summed E-state index contributed by atoms with van der Waals surface area (Å²) in [5, 5.41) is 0. The van der Waals surface area contributed by atoms with Crippen molar-refractivity contribution in [3.8, 4) is 5.88 Å². The van der Waals surface area contributed by atoms with Crippen LogP contribution < -0.4 is 4.74 Å². The van der Waals surface area contributed by atoms with E-state index in [-0.39, 0.29) is 12.5 Å². The molecular formula is C14H16F3NO3. The third kappa shape index (κ3) is 5.85. The maximum absolute atomic E-state index is 12.5. The SMILES string of the molecule is COC(=O)/C=C/CCCOc1nc(C(F)(F)F)ccc1C. The minimum Gasteiger partial charge on any atom is -0.477 e. The Labute approximate surface area is 120 Å². The zero-order chi connectivity index (χ0) is 15.9. The van der Waals surface area contributed by atoms with Crippen molar-refractivity contribution in [1.29, 1.82) is 0 Å². The molecule has 1 heterocycles. The molecule has 0 aliphatic heterocycles. The van der Waals surface area contributed by atoms with Gasteiger partial charge in [0.2, 0.25) is 5.88 Å². The van der Waals surface area contributed by atoms with Crippen molar-refractivity contribution < 1.29 is 27.4 Å². The highest BCUT2D eigenvalue weighted by molar-refractivity contribution is 5.81. The highest BCUT2D eigenvalue weighted by Gasteiger charge is 2.33. The number of aromatic nitrogens is 1. The van der Waals surface area contributed by atoms with Gasteiger partial charge in [0.1, 0.15) is 5.69 Å². The number of pyridine rings is 1. The Balaban J connectivity index is 2.49. The lowest BCUT2D eigenvalue weighted by atomic mass is 10.2. The predicted octanol–water partition coefficient (Wildman–Crippen LogP) is 3.30. The minimum absolute atomic E-state index is 0.0261. The maximum Gasteiger partial charge on any atom is 0.433 e. The number of allylic oxidation sites excluding steroid dienone is 1. The number of nitrogens with zero attached hydrogens (tertiary/aromatic N) is 1. The Kier molecular flexibility index (Phi) is 6.20. The Morgan fingerprint density at radius 3 is 2.71 bits per heavy atom. The van der Waals surface area contributed by atoms with E-state index in [0.29, 0.717) is 18.4 Å². The molecule has 4 nitrogen and oxygen atoms in total. The van der Waals surface area contributed by atoms with E-state index < -0.39 is 17.8 Å². The molecule has 1 aromatic heterocycles. The number of esters is 1. The summed E-state index contributed by atoms with van der Waals surface area (Å²) in [4.78, 5) is 14.2. The molecule has 21 heavy (non-hydrogen) atoms. The summed E-state index contributed by atoms with van der Waals surface area (Å²) in [7, 11) is 1.28. The third-order valence-corrected chi connectivity index (χ3v) is 2.55. The summed E-state index contributed by atoms with van der Waals surface area (Å²) >= 11 is 0. The minimum atomic E-state index is -4.49. The molecule has 0 aliphatic carbocycles. The fourth-order valence-electron chi connectivity index (χ4n) is 1.43. The number of unbranched alkanes of at least 4 members (excludes halogenated alkanes) is 1. The fourth-order valence-corrected chi connectivity index (χ4v) is 1.43. The molecule has 0 N–H and O–H groups in total. The maximum atomic E-state index is 12.5. The van der Waals surface area contributed by atoms with Gasteiger partial charge in [0.15, 0.2) is 0 Å². The average Bonchev–Trinajstić information content (AvgIpc) is 2.42. The standard InChI is InChI=1S/C14H16F3NO3/c1-10-7-8-11(14(15,16)17)18-13(10)21-9-5-3-4-6-12(19)20-2/h4,6-8H,3,5,9H2,1-2H3/b6-4+. The number of methoxy groups -OCH3 is 1. The van der Waals surface area contributed by atoms with Gasteiger partial charge in [0, 0.05) is 11.6 Å². The van der Waals surface area contributed by atoms with Gasteiger partial charge in [-0.05, 0) is 25.8 Å². The highest BCUT2D eigenvalue weighted by atomic mass is 19.4. The number of alkyl halides is 3. The van der Waals surface area contributed by atoms with Crippen LogP contribution in [-0.4, -0.2) is 24.7 Å². The first-order chi connectivity index (χ1) is 9.84. The number of aryl methyl sites for hydroxylation is 1. The van der Waals surface area contributed by atoms with E-state index in [1.807, 2.05) is 0 Å². The monoisotopic (exact) mass is 303 g/mol. The molecule has 0 unspecified atom stereocenters. The summed E-state index contributed by atoms with van der Waals surface area (Å²) in [5.74, 6) is -0.479. The van der Waals surface area contributed by atoms with Gasteiger partial charge in [-0.25, -0.2) is 9.78 Å². The fraction of sp³-hybridized carbons (Fsp3) is 0.429. The van der Waals surface area contributed by atoms with Crippen LogP contribution >= 0.6 is 0 Å². The largest absolute Gasteiger partial charge is 0.477 e. The Morgan fingerprint density at radius 1 is 1.38 bits per heavy atom. The number of carbonyl (C=O) groups is 1. The van der Waals surface area contributed by atoms with Crippen LogP contribution in [0.2, 0.25) is 0 Å². The number of halogens is 3. The third-order valence-electron chi connectivity index (χ3n) is 2.55. The quantitative estimate of drug-likeness (QED) is 0.459. The molecule has 0 amide bonds. The van der Waals surface area contributed by atoms with Gasteiger partial charge in [0.25, 0.3) is 0 Å². The predicted molar refractivity (Wildman–Crippen MR) is 69.9 cm³/mol. The second-order valence-electron chi connectivity index (χ2n) is 4.23. The second kappa shape index (κ2) is 7.66. The number of rotatable bonds is 6. The van der Waals surface area contributed by atoms with Gasteiger partial charge in [0.05, 0.1) is 13.7 Å². The first-order valence-corrected chi connectivity index (χ1v) is 6.26. The molecule has 1 rings (SSSR count). The van der Waals surface area contributed by atoms with Crippen LogP contribution in [0.15, 0.2) is 24.3 Å². The molecule has 0 saturated heterocycles. The molecular weight excluding hydrogens is 287 g/mol. The zero-order valence-corrected chi connectivity index (χ0v) is 11.7. The molecule has 0 saturated carbocycles. The Morgan fingerprint density at radius 2 is 2.10 bits per heavy atom. The van der Waals surface area contributed by atoms with Crippen molar-refractivity contribution in [3.05, 3.63) is 35.5 Å². The number of carbonyl (C=O) groups excluding carboxylic acids is 1. The molecule has 0 spiro atoms. The van der Waals surface area contributed by atoms with Crippen LogP contribution in [0, 0.1) is 6.92 Å². The molecule has 0 radical (unpaired) electrons. The molecule has 0 fully saturated rings. The van der Waals surface area contributed by atoms with E-state index in [1.165, 1.54) is 19.3 Å². The van der Waals surface area contributed by atoms with Crippen LogP contribution in [-0.2, 0) is 15.7 Å². The van der Waals surface area contributed by atoms with E-state index in [2.05, 4.69) is 9.72 Å².